The second-order valence-corrected chi connectivity index (χ2v) is 10.8. The number of amides is 1. The zero-order chi connectivity index (χ0) is 30.6. The predicted molar refractivity (Wildman–Crippen MR) is 174 cm³/mol. The quantitative estimate of drug-likeness (QED) is 0.216. The van der Waals surface area contributed by atoms with Gasteiger partial charge in [0.25, 0.3) is 0 Å². The SMILES string of the molecule is COc1ccc(-c2ccc3nc(Nc4ccc(C)cc4)nc(N4CCNC[C@@H]4C(=O)Nc4cccc(C)c4)c3n2)cc1OC. The Labute approximate surface area is 256 Å². The summed E-state index contributed by atoms with van der Waals surface area (Å²) in [6.07, 6.45) is 0. The fourth-order valence-electron chi connectivity index (χ4n) is 5.32. The molecule has 0 aliphatic carbocycles. The zero-order valence-electron chi connectivity index (χ0n) is 25.2. The number of aromatic nitrogens is 3. The van der Waals surface area contributed by atoms with Crippen LogP contribution in [0.1, 0.15) is 11.1 Å². The van der Waals surface area contributed by atoms with E-state index in [1.165, 1.54) is 0 Å². The van der Waals surface area contributed by atoms with Gasteiger partial charge < -0.3 is 30.3 Å². The van der Waals surface area contributed by atoms with Gasteiger partial charge in [-0.1, -0.05) is 29.8 Å². The van der Waals surface area contributed by atoms with E-state index in [2.05, 4.69) is 16.0 Å². The molecule has 10 nitrogen and oxygen atoms in total. The minimum absolute atomic E-state index is 0.126. The van der Waals surface area contributed by atoms with E-state index in [9.17, 15) is 4.79 Å². The second kappa shape index (κ2) is 12.6. The van der Waals surface area contributed by atoms with Gasteiger partial charge in [-0.25, -0.2) is 9.97 Å². The lowest BCUT2D eigenvalue weighted by Crippen LogP contribution is -2.57. The summed E-state index contributed by atoms with van der Waals surface area (Å²) in [5.74, 6) is 2.12. The molecule has 0 saturated carbocycles. The Morgan fingerprint density at radius 1 is 0.864 bits per heavy atom. The number of carbonyl (C=O) groups is 1. The fourth-order valence-corrected chi connectivity index (χ4v) is 5.32. The number of piperazine rings is 1. The molecule has 3 N–H and O–H groups in total. The molecule has 1 aliphatic rings. The molecule has 5 aromatic rings. The molecule has 1 atom stereocenters. The van der Waals surface area contributed by atoms with Crippen molar-refractivity contribution in [3.8, 4) is 22.8 Å². The topological polar surface area (TPSA) is 114 Å². The van der Waals surface area contributed by atoms with E-state index in [1.54, 1.807) is 14.2 Å². The predicted octanol–water partition coefficient (Wildman–Crippen LogP) is 5.49. The molecule has 3 aromatic carbocycles. The van der Waals surface area contributed by atoms with Crippen molar-refractivity contribution in [3.63, 3.8) is 0 Å². The van der Waals surface area contributed by atoms with Crippen LogP contribution >= 0.6 is 0 Å². The van der Waals surface area contributed by atoms with E-state index in [-0.39, 0.29) is 5.91 Å². The first-order valence-electron chi connectivity index (χ1n) is 14.5. The number of hydrogen-bond acceptors (Lipinski definition) is 9. The number of rotatable bonds is 8. The molecule has 1 amide bonds. The summed E-state index contributed by atoms with van der Waals surface area (Å²) in [4.78, 5) is 30.6. The Morgan fingerprint density at radius 2 is 1.68 bits per heavy atom. The fraction of sp³-hybridized carbons (Fsp3) is 0.235. The van der Waals surface area contributed by atoms with Crippen LogP contribution in [0.5, 0.6) is 11.5 Å². The number of nitrogens with one attached hydrogen (secondary N) is 3. The monoisotopic (exact) mass is 589 g/mol. The maximum absolute atomic E-state index is 13.7. The highest BCUT2D eigenvalue weighted by atomic mass is 16.5. The van der Waals surface area contributed by atoms with Gasteiger partial charge in [0, 0.05) is 36.6 Å². The number of aryl methyl sites for hydroxylation is 2. The maximum Gasteiger partial charge on any atom is 0.248 e. The van der Waals surface area contributed by atoms with Gasteiger partial charge >= 0.3 is 0 Å². The molecule has 44 heavy (non-hydrogen) atoms. The maximum atomic E-state index is 13.7. The molecule has 10 heteroatoms. The van der Waals surface area contributed by atoms with Crippen molar-refractivity contribution in [3.05, 3.63) is 90.0 Å². The summed E-state index contributed by atoms with van der Waals surface area (Å²) in [6.45, 7) is 5.75. The Bertz CT molecular complexity index is 1810. The Morgan fingerprint density at radius 3 is 2.45 bits per heavy atom. The summed E-state index contributed by atoms with van der Waals surface area (Å²) in [5, 5.41) is 9.81. The third-order valence-electron chi connectivity index (χ3n) is 7.61. The largest absolute Gasteiger partial charge is 0.493 e. The molecule has 6 rings (SSSR count). The normalized spacial score (nSPS) is 14.7. The Kier molecular flexibility index (Phi) is 8.25. The summed E-state index contributed by atoms with van der Waals surface area (Å²) < 4.78 is 11.0. The van der Waals surface area contributed by atoms with Crippen LogP contribution in [0.4, 0.5) is 23.1 Å². The van der Waals surface area contributed by atoms with Gasteiger partial charge in [-0.2, -0.15) is 4.98 Å². The van der Waals surface area contributed by atoms with Gasteiger partial charge in [0.2, 0.25) is 11.9 Å². The number of carbonyl (C=O) groups excluding carboxylic acids is 1. The van der Waals surface area contributed by atoms with Crippen LogP contribution in [0.2, 0.25) is 0 Å². The first-order chi connectivity index (χ1) is 21.4. The lowest BCUT2D eigenvalue weighted by molar-refractivity contribution is -0.117. The number of benzene rings is 3. The van der Waals surface area contributed by atoms with Crippen molar-refractivity contribution in [1.82, 2.24) is 20.3 Å². The molecule has 1 fully saturated rings. The first kappa shape index (κ1) is 28.9. The van der Waals surface area contributed by atoms with Crippen LogP contribution in [-0.4, -0.2) is 60.8 Å². The summed E-state index contributed by atoms with van der Waals surface area (Å²) in [5.41, 5.74) is 6.68. The van der Waals surface area contributed by atoms with Gasteiger partial charge in [-0.15, -0.1) is 0 Å². The van der Waals surface area contributed by atoms with E-state index in [4.69, 9.17) is 24.4 Å². The molecule has 3 heterocycles. The number of nitrogens with zero attached hydrogens (tertiary/aromatic N) is 4. The van der Waals surface area contributed by atoms with Crippen LogP contribution in [0.25, 0.3) is 22.3 Å². The van der Waals surface area contributed by atoms with Gasteiger partial charge in [0.05, 0.1) is 25.4 Å². The molecule has 0 radical (unpaired) electrons. The summed E-state index contributed by atoms with van der Waals surface area (Å²) in [7, 11) is 3.22. The zero-order valence-corrected chi connectivity index (χ0v) is 25.2. The van der Waals surface area contributed by atoms with Crippen molar-refractivity contribution in [2.75, 3.05) is 49.4 Å². The van der Waals surface area contributed by atoms with Crippen LogP contribution in [0.15, 0.2) is 78.9 Å². The minimum atomic E-state index is -0.527. The highest BCUT2D eigenvalue weighted by Gasteiger charge is 2.32. The minimum Gasteiger partial charge on any atom is -0.493 e. The second-order valence-electron chi connectivity index (χ2n) is 10.8. The van der Waals surface area contributed by atoms with Gasteiger partial charge in [-0.05, 0) is 74.0 Å². The lowest BCUT2D eigenvalue weighted by atomic mass is 10.1. The van der Waals surface area contributed by atoms with E-state index >= 15 is 0 Å². The number of hydrogen-bond donors (Lipinski definition) is 3. The number of ether oxygens (including phenoxy) is 2. The summed E-state index contributed by atoms with van der Waals surface area (Å²) >= 11 is 0. The van der Waals surface area contributed by atoms with Crippen molar-refractivity contribution in [2.45, 2.75) is 19.9 Å². The van der Waals surface area contributed by atoms with Crippen LogP contribution in [0.3, 0.4) is 0 Å². The Balaban J connectivity index is 1.44. The third-order valence-corrected chi connectivity index (χ3v) is 7.61. The number of methoxy groups -OCH3 is 2. The van der Waals surface area contributed by atoms with Crippen LogP contribution in [-0.2, 0) is 4.79 Å². The van der Waals surface area contributed by atoms with E-state index in [1.807, 2.05) is 97.6 Å². The van der Waals surface area contributed by atoms with Crippen molar-refractivity contribution >= 4 is 40.1 Å². The van der Waals surface area contributed by atoms with Crippen LogP contribution < -0.4 is 30.3 Å². The highest BCUT2D eigenvalue weighted by molar-refractivity contribution is 5.99. The Hall–Kier alpha value is -5.22. The van der Waals surface area contributed by atoms with Gasteiger partial charge in [0.15, 0.2) is 17.3 Å². The van der Waals surface area contributed by atoms with Crippen molar-refractivity contribution in [2.24, 2.45) is 0 Å². The van der Waals surface area contributed by atoms with Crippen molar-refractivity contribution < 1.29 is 14.3 Å². The molecule has 0 spiro atoms. The van der Waals surface area contributed by atoms with Gasteiger partial charge in [-0.3, -0.25) is 4.79 Å². The molecule has 0 bridgehead atoms. The van der Waals surface area contributed by atoms with E-state index < -0.39 is 6.04 Å². The van der Waals surface area contributed by atoms with Crippen molar-refractivity contribution in [1.29, 1.82) is 0 Å². The van der Waals surface area contributed by atoms with E-state index in [0.29, 0.717) is 53.9 Å². The average Bonchev–Trinajstić information content (AvgIpc) is 3.05. The molecule has 1 saturated heterocycles. The average molecular weight is 590 g/mol. The molecule has 224 valence electrons. The summed E-state index contributed by atoms with van der Waals surface area (Å²) in [6, 6.07) is 24.8. The lowest BCUT2D eigenvalue weighted by Gasteiger charge is -2.36. The number of fused-ring (bicyclic) bond motifs is 1. The highest BCUT2D eigenvalue weighted by Crippen LogP contribution is 2.34. The van der Waals surface area contributed by atoms with Crippen LogP contribution in [0, 0.1) is 13.8 Å². The standard InChI is InChI=1S/C34H35N7O3/c1-21-8-11-24(12-9-21)37-34-39-27-14-13-26(23-10-15-29(43-3)30(19-23)44-4)38-31(27)32(40-34)41-17-16-35-20-28(41)33(42)36-25-7-5-6-22(2)18-25/h5-15,18-19,28,35H,16-17,20H2,1-4H3,(H,36,42)(H,37,39,40)/t28-/m1/s1. The first-order valence-corrected chi connectivity index (χ1v) is 14.5. The molecule has 1 aliphatic heterocycles. The number of anilines is 4. The smallest absolute Gasteiger partial charge is 0.248 e. The van der Waals surface area contributed by atoms with E-state index in [0.717, 1.165) is 33.8 Å². The molecular formula is C34H35N7O3. The molecule has 2 aromatic heterocycles. The number of pyridine rings is 1. The van der Waals surface area contributed by atoms with Gasteiger partial charge in [0.1, 0.15) is 11.6 Å². The molecule has 0 unspecified atom stereocenters. The molecular weight excluding hydrogens is 554 g/mol. The third kappa shape index (κ3) is 6.11.